The number of aromatic nitrogens is 2. The molecule has 0 amide bonds. The Balaban J connectivity index is 1.80. The summed E-state index contributed by atoms with van der Waals surface area (Å²) in [5.74, 6) is 2.39. The normalized spacial score (nSPS) is 24.1. The van der Waals surface area contributed by atoms with Crippen molar-refractivity contribution in [1.82, 2.24) is 9.36 Å². The Hall–Kier alpha value is -0.680. The Labute approximate surface area is 107 Å². The van der Waals surface area contributed by atoms with E-state index in [4.69, 9.17) is 5.73 Å². The minimum atomic E-state index is 0.700. The van der Waals surface area contributed by atoms with Crippen molar-refractivity contribution < 1.29 is 0 Å². The van der Waals surface area contributed by atoms with Crippen molar-refractivity contribution in [2.75, 3.05) is 18.4 Å². The average molecular weight is 254 g/mol. The molecule has 0 bridgehead atoms. The molecule has 1 aromatic rings. The fourth-order valence-electron chi connectivity index (χ4n) is 2.56. The third-order valence-corrected chi connectivity index (χ3v) is 4.29. The molecular formula is C12H22N4S. The minimum Gasteiger partial charge on any atom is -0.360 e. The van der Waals surface area contributed by atoms with Crippen molar-refractivity contribution in [1.29, 1.82) is 0 Å². The van der Waals surface area contributed by atoms with Crippen LogP contribution in [0.2, 0.25) is 0 Å². The summed E-state index contributed by atoms with van der Waals surface area (Å²) in [5, 5.41) is 4.39. The summed E-state index contributed by atoms with van der Waals surface area (Å²) >= 11 is 1.48. The van der Waals surface area contributed by atoms with E-state index < -0.39 is 0 Å². The van der Waals surface area contributed by atoms with Gasteiger partial charge >= 0.3 is 0 Å². The summed E-state index contributed by atoms with van der Waals surface area (Å²) in [4.78, 5) is 4.48. The predicted molar refractivity (Wildman–Crippen MR) is 72.3 cm³/mol. The molecule has 2 rings (SSSR count). The quantitative estimate of drug-likeness (QED) is 0.817. The zero-order valence-electron chi connectivity index (χ0n) is 10.5. The zero-order chi connectivity index (χ0) is 12.1. The molecule has 1 aliphatic carbocycles. The number of aryl methyl sites for hydroxylation is 1. The molecule has 5 heteroatoms. The van der Waals surface area contributed by atoms with Gasteiger partial charge in [0.25, 0.3) is 0 Å². The number of nitrogens with one attached hydrogen (secondary N) is 1. The number of hydrogen-bond donors (Lipinski definition) is 2. The number of nitrogens with zero attached hydrogens (tertiary/aromatic N) is 2. The van der Waals surface area contributed by atoms with E-state index in [1.165, 1.54) is 30.8 Å². The second kappa shape index (κ2) is 6.31. The molecule has 1 heterocycles. The summed E-state index contributed by atoms with van der Waals surface area (Å²) in [6.07, 6.45) is 6.00. The molecule has 4 nitrogen and oxygen atoms in total. The van der Waals surface area contributed by atoms with Crippen LogP contribution in [-0.2, 0) is 6.42 Å². The molecule has 0 radical (unpaired) electrons. The van der Waals surface area contributed by atoms with Crippen LogP contribution in [0.3, 0.4) is 0 Å². The molecule has 17 heavy (non-hydrogen) atoms. The Morgan fingerprint density at radius 2 is 2.24 bits per heavy atom. The molecule has 2 atom stereocenters. The first-order chi connectivity index (χ1) is 8.33. The fraction of sp³-hybridized carbons (Fsp3) is 0.833. The van der Waals surface area contributed by atoms with Crippen LogP contribution in [0.15, 0.2) is 0 Å². The maximum absolute atomic E-state index is 5.78. The third-order valence-electron chi connectivity index (χ3n) is 3.58. The molecule has 1 fully saturated rings. The van der Waals surface area contributed by atoms with E-state index in [2.05, 4.69) is 21.6 Å². The van der Waals surface area contributed by atoms with Gasteiger partial charge in [0.15, 0.2) is 0 Å². The SMILES string of the molecule is CCCc1nsc(NCC2CCCC2CN)n1. The van der Waals surface area contributed by atoms with Crippen LogP contribution in [0.5, 0.6) is 0 Å². The highest BCUT2D eigenvalue weighted by Crippen LogP contribution is 2.31. The van der Waals surface area contributed by atoms with Crippen LogP contribution >= 0.6 is 11.5 Å². The number of rotatable bonds is 6. The van der Waals surface area contributed by atoms with Gasteiger partial charge in [-0.15, -0.1) is 0 Å². The van der Waals surface area contributed by atoms with Gasteiger partial charge in [0.2, 0.25) is 5.13 Å². The second-order valence-electron chi connectivity index (χ2n) is 4.83. The van der Waals surface area contributed by atoms with Gasteiger partial charge in [0, 0.05) is 24.5 Å². The summed E-state index contributed by atoms with van der Waals surface area (Å²) < 4.78 is 4.33. The highest BCUT2D eigenvalue weighted by Gasteiger charge is 2.25. The molecule has 96 valence electrons. The standard InChI is InChI=1S/C12H22N4S/c1-2-4-11-15-12(17-16-11)14-8-10-6-3-5-9(10)7-13/h9-10H,2-8,13H2,1H3,(H,14,15,16). The van der Waals surface area contributed by atoms with Gasteiger partial charge in [-0.25, -0.2) is 4.98 Å². The predicted octanol–water partition coefficient (Wildman–Crippen LogP) is 2.28. The molecule has 0 aliphatic heterocycles. The molecular weight excluding hydrogens is 232 g/mol. The minimum absolute atomic E-state index is 0.700. The van der Waals surface area contributed by atoms with Gasteiger partial charge in [0.1, 0.15) is 5.82 Å². The van der Waals surface area contributed by atoms with Crippen LogP contribution in [0.25, 0.3) is 0 Å². The number of anilines is 1. The Bertz CT molecular complexity index is 339. The largest absolute Gasteiger partial charge is 0.360 e. The van der Waals surface area contributed by atoms with Gasteiger partial charge in [-0.2, -0.15) is 4.37 Å². The highest BCUT2D eigenvalue weighted by atomic mass is 32.1. The molecule has 1 aromatic heterocycles. The van der Waals surface area contributed by atoms with E-state index in [1.54, 1.807) is 0 Å². The lowest BCUT2D eigenvalue weighted by molar-refractivity contribution is 0.414. The summed E-state index contributed by atoms with van der Waals surface area (Å²) in [7, 11) is 0. The maximum atomic E-state index is 5.78. The monoisotopic (exact) mass is 254 g/mol. The van der Waals surface area contributed by atoms with Crippen LogP contribution in [0.4, 0.5) is 5.13 Å². The zero-order valence-corrected chi connectivity index (χ0v) is 11.3. The van der Waals surface area contributed by atoms with Crippen molar-refractivity contribution in [2.24, 2.45) is 17.6 Å². The first-order valence-corrected chi connectivity index (χ1v) is 7.37. The van der Waals surface area contributed by atoms with Gasteiger partial charge < -0.3 is 11.1 Å². The van der Waals surface area contributed by atoms with E-state index in [9.17, 15) is 0 Å². The van der Waals surface area contributed by atoms with Crippen molar-refractivity contribution in [3.05, 3.63) is 5.82 Å². The molecule has 0 spiro atoms. The molecule has 1 aliphatic rings. The first kappa shape index (κ1) is 12.8. The van der Waals surface area contributed by atoms with Gasteiger partial charge in [-0.3, -0.25) is 0 Å². The van der Waals surface area contributed by atoms with Crippen LogP contribution in [0.1, 0.15) is 38.4 Å². The van der Waals surface area contributed by atoms with Crippen molar-refractivity contribution in [3.8, 4) is 0 Å². The van der Waals surface area contributed by atoms with Crippen LogP contribution in [-0.4, -0.2) is 22.4 Å². The summed E-state index contributed by atoms with van der Waals surface area (Å²) in [6, 6.07) is 0. The highest BCUT2D eigenvalue weighted by molar-refractivity contribution is 7.09. The van der Waals surface area contributed by atoms with Gasteiger partial charge in [0.05, 0.1) is 0 Å². The van der Waals surface area contributed by atoms with Crippen molar-refractivity contribution in [3.63, 3.8) is 0 Å². The van der Waals surface area contributed by atoms with E-state index in [1.807, 2.05) is 0 Å². The molecule has 0 saturated heterocycles. The van der Waals surface area contributed by atoms with E-state index in [0.717, 1.165) is 42.8 Å². The Morgan fingerprint density at radius 1 is 1.41 bits per heavy atom. The lowest BCUT2D eigenvalue weighted by Gasteiger charge is -2.17. The fourth-order valence-corrected chi connectivity index (χ4v) is 3.18. The lowest BCUT2D eigenvalue weighted by atomic mass is 9.96. The number of nitrogens with two attached hydrogens (primary N) is 1. The van der Waals surface area contributed by atoms with E-state index >= 15 is 0 Å². The summed E-state index contributed by atoms with van der Waals surface area (Å²) in [5.41, 5.74) is 5.78. The molecule has 0 aromatic carbocycles. The summed E-state index contributed by atoms with van der Waals surface area (Å²) in [6.45, 7) is 3.98. The van der Waals surface area contributed by atoms with Gasteiger partial charge in [-0.05, 0) is 37.6 Å². The van der Waals surface area contributed by atoms with E-state index in [-0.39, 0.29) is 0 Å². The third kappa shape index (κ3) is 3.39. The lowest BCUT2D eigenvalue weighted by Crippen LogP contribution is -2.24. The van der Waals surface area contributed by atoms with E-state index in [0.29, 0.717) is 5.92 Å². The second-order valence-corrected chi connectivity index (χ2v) is 5.59. The Kier molecular flexibility index (Phi) is 4.74. The molecule has 1 saturated carbocycles. The maximum Gasteiger partial charge on any atom is 0.202 e. The average Bonchev–Trinajstić information content (AvgIpc) is 2.95. The first-order valence-electron chi connectivity index (χ1n) is 6.60. The van der Waals surface area contributed by atoms with Crippen LogP contribution < -0.4 is 11.1 Å². The topological polar surface area (TPSA) is 63.8 Å². The van der Waals surface area contributed by atoms with Crippen molar-refractivity contribution >= 4 is 16.7 Å². The molecule has 2 unspecified atom stereocenters. The smallest absolute Gasteiger partial charge is 0.202 e. The Morgan fingerprint density at radius 3 is 3.00 bits per heavy atom. The molecule has 3 N–H and O–H groups in total. The number of hydrogen-bond acceptors (Lipinski definition) is 5. The van der Waals surface area contributed by atoms with Gasteiger partial charge in [-0.1, -0.05) is 13.3 Å². The van der Waals surface area contributed by atoms with Crippen LogP contribution in [0, 0.1) is 11.8 Å². The van der Waals surface area contributed by atoms with Crippen molar-refractivity contribution in [2.45, 2.75) is 39.0 Å².